The highest BCUT2D eigenvalue weighted by molar-refractivity contribution is 9.10. The lowest BCUT2D eigenvalue weighted by molar-refractivity contribution is -0.123. The largest absolute Gasteiger partial charge is 0.493 e. The van der Waals surface area contributed by atoms with Gasteiger partial charge in [0.2, 0.25) is 0 Å². The molecule has 1 amide bonds. The summed E-state index contributed by atoms with van der Waals surface area (Å²) in [7, 11) is 1.49. The smallest absolute Gasteiger partial charge is 0.258 e. The van der Waals surface area contributed by atoms with Gasteiger partial charge in [-0.3, -0.25) is 9.59 Å². The molecule has 0 radical (unpaired) electrons. The van der Waals surface area contributed by atoms with E-state index in [4.69, 9.17) is 9.47 Å². The van der Waals surface area contributed by atoms with Gasteiger partial charge in [-0.2, -0.15) is 0 Å². The minimum Gasteiger partial charge on any atom is -0.493 e. The van der Waals surface area contributed by atoms with Gasteiger partial charge >= 0.3 is 0 Å². The zero-order valence-corrected chi connectivity index (χ0v) is 12.6. The fourth-order valence-corrected chi connectivity index (χ4v) is 1.84. The minimum atomic E-state index is -0.229. The lowest BCUT2D eigenvalue weighted by Crippen LogP contribution is -2.34. The van der Waals surface area contributed by atoms with E-state index < -0.39 is 0 Å². The van der Waals surface area contributed by atoms with Crippen LogP contribution in [0.5, 0.6) is 11.5 Å². The van der Waals surface area contributed by atoms with E-state index >= 15 is 0 Å². The number of hydrogen-bond acceptors (Lipinski definition) is 4. The van der Waals surface area contributed by atoms with E-state index in [1.807, 2.05) is 13.8 Å². The fourth-order valence-electron chi connectivity index (χ4n) is 1.42. The molecule has 0 heterocycles. The van der Waals surface area contributed by atoms with E-state index in [1.165, 1.54) is 13.2 Å². The van der Waals surface area contributed by atoms with E-state index in [2.05, 4.69) is 21.2 Å². The third-order valence-electron chi connectivity index (χ3n) is 2.22. The summed E-state index contributed by atoms with van der Waals surface area (Å²) in [5.74, 6) is 0.578. The van der Waals surface area contributed by atoms with E-state index in [9.17, 15) is 9.59 Å². The Morgan fingerprint density at radius 3 is 2.63 bits per heavy atom. The van der Waals surface area contributed by atoms with Crippen molar-refractivity contribution in [3.63, 3.8) is 0 Å². The summed E-state index contributed by atoms with van der Waals surface area (Å²) in [4.78, 5) is 22.3. The summed E-state index contributed by atoms with van der Waals surface area (Å²) in [5, 5.41) is 2.71. The molecule has 1 N–H and O–H groups in total. The van der Waals surface area contributed by atoms with Gasteiger partial charge in [-0.25, -0.2) is 0 Å². The number of carbonyl (C=O) groups excluding carboxylic acids is 2. The zero-order valence-electron chi connectivity index (χ0n) is 11.0. The maximum absolute atomic E-state index is 11.5. The molecule has 1 aromatic carbocycles. The Kier molecular flexibility index (Phi) is 5.82. The van der Waals surface area contributed by atoms with Crippen molar-refractivity contribution >= 4 is 28.1 Å². The average Bonchev–Trinajstić information content (AvgIpc) is 2.35. The predicted octanol–water partition coefficient (Wildman–Crippen LogP) is 2.17. The number of ether oxygens (including phenoxy) is 2. The molecule has 1 aromatic rings. The molecule has 0 saturated carbocycles. The number of carbonyl (C=O) groups is 2. The Morgan fingerprint density at radius 1 is 1.42 bits per heavy atom. The first-order chi connectivity index (χ1) is 8.97. The van der Waals surface area contributed by atoms with Crippen LogP contribution in [0, 0.1) is 0 Å². The van der Waals surface area contributed by atoms with Gasteiger partial charge in [0.25, 0.3) is 5.91 Å². The van der Waals surface area contributed by atoms with Crippen LogP contribution in [-0.2, 0) is 4.79 Å². The van der Waals surface area contributed by atoms with Gasteiger partial charge in [0, 0.05) is 16.1 Å². The molecule has 0 saturated heterocycles. The first-order valence-corrected chi connectivity index (χ1v) is 6.52. The quantitative estimate of drug-likeness (QED) is 0.812. The number of hydrogen-bond donors (Lipinski definition) is 1. The van der Waals surface area contributed by atoms with Crippen LogP contribution in [0.15, 0.2) is 16.6 Å². The van der Waals surface area contributed by atoms with Crippen molar-refractivity contribution < 1.29 is 19.1 Å². The highest BCUT2D eigenvalue weighted by Gasteiger charge is 2.12. The van der Waals surface area contributed by atoms with Crippen LogP contribution in [0.2, 0.25) is 0 Å². The van der Waals surface area contributed by atoms with E-state index in [0.717, 1.165) is 0 Å². The number of aldehydes is 1. The second kappa shape index (κ2) is 7.13. The lowest BCUT2D eigenvalue weighted by atomic mass is 10.2. The van der Waals surface area contributed by atoms with Crippen LogP contribution < -0.4 is 14.8 Å². The molecule has 1 rings (SSSR count). The van der Waals surface area contributed by atoms with Gasteiger partial charge in [0.15, 0.2) is 24.4 Å². The standard InChI is InChI=1S/C13H16BrNO4/c1-8(2)15-13(17)7-19-12-4-9(6-16)10(14)5-11(12)18-3/h4-6,8H,7H2,1-3H3,(H,15,17). The Balaban J connectivity index is 2.82. The van der Waals surface area contributed by atoms with Crippen LogP contribution in [0.3, 0.4) is 0 Å². The Hall–Kier alpha value is -1.56. The van der Waals surface area contributed by atoms with Crippen LogP contribution in [-0.4, -0.2) is 32.0 Å². The Labute approximate surface area is 120 Å². The molecule has 5 nitrogen and oxygen atoms in total. The normalized spacial score (nSPS) is 10.2. The molecule has 0 aliphatic carbocycles. The SMILES string of the molecule is COc1cc(Br)c(C=O)cc1OCC(=O)NC(C)C. The van der Waals surface area contributed by atoms with Crippen molar-refractivity contribution in [2.75, 3.05) is 13.7 Å². The third kappa shape index (κ3) is 4.55. The minimum absolute atomic E-state index is 0.0495. The van der Waals surface area contributed by atoms with Crippen molar-refractivity contribution in [1.82, 2.24) is 5.32 Å². The fraction of sp³-hybridized carbons (Fsp3) is 0.385. The number of rotatable bonds is 6. The average molecular weight is 330 g/mol. The van der Waals surface area contributed by atoms with Crippen molar-refractivity contribution in [3.8, 4) is 11.5 Å². The van der Waals surface area contributed by atoms with Crippen LogP contribution in [0.1, 0.15) is 24.2 Å². The highest BCUT2D eigenvalue weighted by Crippen LogP contribution is 2.32. The molecular weight excluding hydrogens is 314 g/mol. The van der Waals surface area contributed by atoms with Crippen molar-refractivity contribution in [2.45, 2.75) is 19.9 Å². The maximum Gasteiger partial charge on any atom is 0.258 e. The molecule has 104 valence electrons. The summed E-state index contributed by atoms with van der Waals surface area (Å²) in [6, 6.07) is 3.20. The molecule has 0 atom stereocenters. The molecule has 0 aliphatic heterocycles. The monoisotopic (exact) mass is 329 g/mol. The molecule has 6 heteroatoms. The number of benzene rings is 1. The summed E-state index contributed by atoms with van der Waals surface area (Å²) >= 11 is 3.25. The summed E-state index contributed by atoms with van der Waals surface area (Å²) in [6.45, 7) is 3.60. The zero-order chi connectivity index (χ0) is 14.4. The van der Waals surface area contributed by atoms with Gasteiger partial charge in [0.05, 0.1) is 7.11 Å². The number of amides is 1. The molecular formula is C13H16BrNO4. The third-order valence-corrected chi connectivity index (χ3v) is 2.91. The first-order valence-electron chi connectivity index (χ1n) is 5.72. The summed E-state index contributed by atoms with van der Waals surface area (Å²) < 4.78 is 11.1. The second-order valence-electron chi connectivity index (χ2n) is 4.15. The topological polar surface area (TPSA) is 64.6 Å². The molecule has 0 spiro atoms. The summed E-state index contributed by atoms with van der Waals surface area (Å²) in [6.07, 6.45) is 0.699. The Bertz CT molecular complexity index is 474. The predicted molar refractivity (Wildman–Crippen MR) is 74.9 cm³/mol. The molecule has 0 fully saturated rings. The van der Waals surface area contributed by atoms with Gasteiger partial charge < -0.3 is 14.8 Å². The molecule has 0 aromatic heterocycles. The maximum atomic E-state index is 11.5. The van der Waals surface area contributed by atoms with Crippen molar-refractivity contribution in [1.29, 1.82) is 0 Å². The Morgan fingerprint density at radius 2 is 2.11 bits per heavy atom. The van der Waals surface area contributed by atoms with Gasteiger partial charge in [-0.05, 0) is 41.9 Å². The summed E-state index contributed by atoms with van der Waals surface area (Å²) in [5.41, 5.74) is 0.431. The molecule has 19 heavy (non-hydrogen) atoms. The molecule has 0 bridgehead atoms. The van der Waals surface area contributed by atoms with E-state index in [0.29, 0.717) is 27.8 Å². The van der Waals surface area contributed by atoms with Crippen LogP contribution >= 0.6 is 15.9 Å². The van der Waals surface area contributed by atoms with E-state index in [1.54, 1.807) is 6.07 Å². The van der Waals surface area contributed by atoms with E-state index in [-0.39, 0.29) is 18.6 Å². The van der Waals surface area contributed by atoms with Crippen molar-refractivity contribution in [2.24, 2.45) is 0 Å². The van der Waals surface area contributed by atoms with Crippen LogP contribution in [0.4, 0.5) is 0 Å². The van der Waals surface area contributed by atoms with Gasteiger partial charge in [-0.1, -0.05) is 0 Å². The molecule has 0 unspecified atom stereocenters. The van der Waals surface area contributed by atoms with Gasteiger partial charge in [-0.15, -0.1) is 0 Å². The first kappa shape index (κ1) is 15.5. The van der Waals surface area contributed by atoms with Crippen LogP contribution in [0.25, 0.3) is 0 Å². The highest BCUT2D eigenvalue weighted by atomic mass is 79.9. The number of halogens is 1. The van der Waals surface area contributed by atoms with Gasteiger partial charge in [0.1, 0.15) is 0 Å². The molecule has 0 aliphatic rings. The number of methoxy groups -OCH3 is 1. The van der Waals surface area contributed by atoms with Crippen molar-refractivity contribution in [3.05, 3.63) is 22.2 Å². The second-order valence-corrected chi connectivity index (χ2v) is 5.01. The lowest BCUT2D eigenvalue weighted by Gasteiger charge is -2.13. The number of nitrogens with one attached hydrogen (secondary N) is 1.